The number of hydrogen-bond acceptors (Lipinski definition) is 5. The number of pyridine rings is 1. The quantitative estimate of drug-likeness (QED) is 0.612. The van der Waals surface area contributed by atoms with Crippen LogP contribution < -0.4 is 10.2 Å². The van der Waals surface area contributed by atoms with E-state index in [1.54, 1.807) is 32.3 Å². The van der Waals surface area contributed by atoms with Crippen LogP contribution in [0.5, 0.6) is 5.75 Å². The third kappa shape index (κ3) is 5.62. The molecule has 1 aromatic carbocycles. The summed E-state index contributed by atoms with van der Waals surface area (Å²) in [6.45, 7) is 1.85. The van der Waals surface area contributed by atoms with Crippen molar-refractivity contribution in [1.29, 1.82) is 0 Å². The van der Waals surface area contributed by atoms with Gasteiger partial charge in [0.2, 0.25) is 0 Å². The summed E-state index contributed by atoms with van der Waals surface area (Å²) in [5.41, 5.74) is 4.44. The first-order chi connectivity index (χ1) is 11.9. The number of carbonyl (C=O) groups is 1. The number of nitrogens with one attached hydrogen (secondary N) is 1. The normalized spacial score (nSPS) is 11.2. The number of carbonyl (C=O) groups excluding carboxylic acids is 1. The van der Waals surface area contributed by atoms with Gasteiger partial charge in [0.25, 0.3) is 5.91 Å². The van der Waals surface area contributed by atoms with Crippen LogP contribution in [-0.4, -0.2) is 42.2 Å². The topological polar surface area (TPSA) is 66.8 Å². The van der Waals surface area contributed by atoms with Crippen molar-refractivity contribution < 1.29 is 9.53 Å². The largest absolute Gasteiger partial charge is 0.484 e. The third-order valence-corrected chi connectivity index (χ3v) is 3.77. The summed E-state index contributed by atoms with van der Waals surface area (Å²) in [4.78, 5) is 17.1. The molecule has 0 aliphatic carbocycles. The van der Waals surface area contributed by atoms with Gasteiger partial charge >= 0.3 is 0 Å². The molecule has 0 unspecified atom stereocenters. The fraction of sp³-hybridized carbons (Fsp3) is 0.235. The second kappa shape index (κ2) is 8.69. The number of amides is 1. The van der Waals surface area contributed by atoms with E-state index in [0.717, 1.165) is 11.3 Å². The summed E-state index contributed by atoms with van der Waals surface area (Å²) in [6, 6.07) is 8.86. The van der Waals surface area contributed by atoms with Crippen LogP contribution in [0.3, 0.4) is 0 Å². The number of halogens is 2. The van der Waals surface area contributed by atoms with E-state index in [9.17, 15) is 4.79 Å². The smallest absolute Gasteiger partial charge is 0.259 e. The molecular formula is C17H18Cl2N4O2. The molecule has 8 heteroatoms. The number of ether oxygens (including phenoxy) is 1. The zero-order valence-electron chi connectivity index (χ0n) is 14.1. The van der Waals surface area contributed by atoms with Crippen LogP contribution in [0.4, 0.5) is 5.82 Å². The van der Waals surface area contributed by atoms with Gasteiger partial charge in [-0.15, -0.1) is 0 Å². The first-order valence-corrected chi connectivity index (χ1v) is 8.17. The highest BCUT2D eigenvalue weighted by Gasteiger charge is 2.06. The van der Waals surface area contributed by atoms with Gasteiger partial charge in [-0.25, -0.2) is 4.98 Å². The van der Waals surface area contributed by atoms with Crippen LogP contribution >= 0.6 is 23.2 Å². The van der Waals surface area contributed by atoms with Gasteiger partial charge in [-0.3, -0.25) is 10.2 Å². The molecule has 0 spiro atoms. The summed E-state index contributed by atoms with van der Waals surface area (Å²) < 4.78 is 5.43. The van der Waals surface area contributed by atoms with E-state index >= 15 is 0 Å². The lowest BCUT2D eigenvalue weighted by molar-refractivity contribution is -0.130. The summed E-state index contributed by atoms with van der Waals surface area (Å²) in [6.07, 6.45) is 1.49. The second-order valence-electron chi connectivity index (χ2n) is 5.39. The summed E-state index contributed by atoms with van der Waals surface area (Å²) >= 11 is 11.8. The predicted octanol–water partition coefficient (Wildman–Crippen LogP) is 3.69. The Morgan fingerprint density at radius 1 is 1.28 bits per heavy atom. The highest BCUT2D eigenvalue weighted by Crippen LogP contribution is 2.22. The Hall–Kier alpha value is -2.31. The van der Waals surface area contributed by atoms with Crippen LogP contribution in [0.15, 0.2) is 41.6 Å². The molecule has 0 radical (unpaired) electrons. The molecule has 2 rings (SSSR count). The molecule has 6 nitrogen and oxygen atoms in total. The van der Waals surface area contributed by atoms with Gasteiger partial charge in [-0.1, -0.05) is 23.2 Å². The molecule has 1 N–H and O–H groups in total. The standard InChI is InChI=1S/C17H18Cl2N4O2/c1-11(21-22-17-15(19)8-13(18)9-20-17)12-4-6-14(7-5-12)25-10-16(24)23(2)3/h4-9H,10H2,1-3H3,(H,20,22)/b21-11+. The lowest BCUT2D eigenvalue weighted by Crippen LogP contribution is -2.27. The number of anilines is 1. The maximum atomic E-state index is 11.5. The van der Waals surface area contributed by atoms with E-state index in [1.165, 1.54) is 11.1 Å². The Labute approximate surface area is 156 Å². The monoisotopic (exact) mass is 380 g/mol. The molecule has 0 saturated heterocycles. The van der Waals surface area contributed by atoms with Gasteiger partial charge in [0.05, 0.1) is 15.8 Å². The molecule has 0 aliphatic rings. The molecule has 2 aromatic rings. The van der Waals surface area contributed by atoms with E-state index in [1.807, 2.05) is 19.1 Å². The van der Waals surface area contributed by atoms with Crippen LogP contribution in [0.2, 0.25) is 10.0 Å². The molecule has 1 aromatic heterocycles. The van der Waals surface area contributed by atoms with Crippen molar-refractivity contribution in [3.8, 4) is 5.75 Å². The zero-order chi connectivity index (χ0) is 18.4. The van der Waals surface area contributed by atoms with Crippen molar-refractivity contribution in [2.24, 2.45) is 5.10 Å². The first kappa shape index (κ1) is 19.0. The fourth-order valence-electron chi connectivity index (χ4n) is 1.76. The van der Waals surface area contributed by atoms with E-state index < -0.39 is 0 Å². The average Bonchev–Trinajstić information content (AvgIpc) is 2.59. The Kier molecular flexibility index (Phi) is 6.61. The minimum atomic E-state index is -0.0987. The molecule has 0 bridgehead atoms. The Morgan fingerprint density at radius 2 is 1.96 bits per heavy atom. The van der Waals surface area contributed by atoms with Crippen LogP contribution in [0.25, 0.3) is 0 Å². The molecule has 0 saturated carbocycles. The predicted molar refractivity (Wildman–Crippen MR) is 101 cm³/mol. The van der Waals surface area contributed by atoms with E-state index in [-0.39, 0.29) is 12.5 Å². The first-order valence-electron chi connectivity index (χ1n) is 7.41. The number of likely N-dealkylation sites (N-methyl/N-ethyl adjacent to an activating group) is 1. The fourth-order valence-corrected chi connectivity index (χ4v) is 2.19. The number of hydrogen-bond donors (Lipinski definition) is 1. The third-order valence-electron chi connectivity index (χ3n) is 3.27. The van der Waals surface area contributed by atoms with Gasteiger partial charge in [-0.05, 0) is 42.8 Å². The molecule has 132 valence electrons. The Balaban J connectivity index is 1.99. The van der Waals surface area contributed by atoms with Gasteiger partial charge in [0.1, 0.15) is 5.75 Å². The molecule has 0 aliphatic heterocycles. The van der Waals surface area contributed by atoms with Crippen molar-refractivity contribution in [2.75, 3.05) is 26.1 Å². The number of aromatic nitrogens is 1. The van der Waals surface area contributed by atoms with Gasteiger partial charge < -0.3 is 9.64 Å². The molecule has 1 amide bonds. The summed E-state index contributed by atoms with van der Waals surface area (Å²) in [5, 5.41) is 5.10. The van der Waals surface area contributed by atoms with Crippen molar-refractivity contribution in [2.45, 2.75) is 6.92 Å². The molecule has 0 fully saturated rings. The minimum absolute atomic E-state index is 0.00170. The number of nitrogens with zero attached hydrogens (tertiary/aromatic N) is 3. The lowest BCUT2D eigenvalue weighted by Gasteiger charge is -2.11. The molecule has 0 atom stereocenters. The van der Waals surface area contributed by atoms with Crippen LogP contribution in [0.1, 0.15) is 12.5 Å². The second-order valence-corrected chi connectivity index (χ2v) is 6.24. The highest BCUT2D eigenvalue weighted by molar-refractivity contribution is 6.35. The Morgan fingerprint density at radius 3 is 2.56 bits per heavy atom. The average molecular weight is 381 g/mol. The Bertz CT molecular complexity index is 777. The van der Waals surface area contributed by atoms with E-state index in [0.29, 0.717) is 21.6 Å². The van der Waals surface area contributed by atoms with Gasteiger partial charge in [0.15, 0.2) is 12.4 Å². The minimum Gasteiger partial charge on any atom is -0.484 e. The molecule has 1 heterocycles. The lowest BCUT2D eigenvalue weighted by atomic mass is 10.1. The van der Waals surface area contributed by atoms with Crippen molar-refractivity contribution in [3.63, 3.8) is 0 Å². The zero-order valence-corrected chi connectivity index (χ0v) is 15.6. The van der Waals surface area contributed by atoms with Crippen LogP contribution in [0, 0.1) is 0 Å². The summed E-state index contributed by atoms with van der Waals surface area (Å²) in [5.74, 6) is 0.938. The van der Waals surface area contributed by atoms with Crippen molar-refractivity contribution in [3.05, 3.63) is 52.1 Å². The highest BCUT2D eigenvalue weighted by atomic mass is 35.5. The van der Waals surface area contributed by atoms with E-state index in [2.05, 4.69) is 15.5 Å². The number of rotatable bonds is 6. The molecule has 25 heavy (non-hydrogen) atoms. The van der Waals surface area contributed by atoms with Crippen molar-refractivity contribution >= 4 is 40.6 Å². The maximum absolute atomic E-state index is 11.5. The van der Waals surface area contributed by atoms with Gasteiger partial charge in [0, 0.05) is 20.3 Å². The molecular weight excluding hydrogens is 363 g/mol. The maximum Gasteiger partial charge on any atom is 0.259 e. The van der Waals surface area contributed by atoms with Gasteiger partial charge in [-0.2, -0.15) is 5.10 Å². The van der Waals surface area contributed by atoms with Crippen molar-refractivity contribution in [1.82, 2.24) is 9.88 Å². The van der Waals surface area contributed by atoms with E-state index in [4.69, 9.17) is 27.9 Å². The number of hydrazone groups is 1. The SMILES string of the molecule is C/C(=N\Nc1ncc(Cl)cc1Cl)c1ccc(OCC(=O)N(C)C)cc1. The van der Waals surface area contributed by atoms with Crippen LogP contribution in [-0.2, 0) is 4.79 Å². The summed E-state index contributed by atoms with van der Waals surface area (Å²) in [7, 11) is 3.37. The number of benzene rings is 1.